The van der Waals surface area contributed by atoms with Crippen LogP contribution in [0.4, 0.5) is 14.9 Å². The van der Waals surface area contributed by atoms with E-state index >= 15 is 0 Å². The van der Waals surface area contributed by atoms with Crippen molar-refractivity contribution in [2.45, 2.75) is 24.8 Å². The number of pyridine rings is 1. The number of rotatable bonds is 3. The lowest BCUT2D eigenvalue weighted by Gasteiger charge is -2.47. The summed E-state index contributed by atoms with van der Waals surface area (Å²) in [4.78, 5) is 27.6. The molecule has 1 fully saturated rings. The van der Waals surface area contributed by atoms with Gasteiger partial charge in [0.15, 0.2) is 0 Å². The number of anilines is 1. The van der Waals surface area contributed by atoms with E-state index in [1.54, 1.807) is 35.2 Å². The van der Waals surface area contributed by atoms with E-state index in [-0.39, 0.29) is 35.2 Å². The third kappa shape index (κ3) is 3.74. The Bertz CT molecular complexity index is 1160. The monoisotopic (exact) mass is 417 g/mol. The number of carbonyl (C=O) groups is 1. The molecular formula is C25H24FN3O2. The van der Waals surface area contributed by atoms with E-state index in [1.807, 2.05) is 28.8 Å². The summed E-state index contributed by atoms with van der Waals surface area (Å²) in [5.74, 6) is -0.212. The van der Waals surface area contributed by atoms with Crippen molar-refractivity contribution in [3.05, 3.63) is 100 Å². The highest BCUT2D eigenvalue weighted by molar-refractivity contribution is 5.89. The molecule has 3 atom stereocenters. The van der Waals surface area contributed by atoms with Crippen LogP contribution in [-0.4, -0.2) is 28.6 Å². The number of hydrogen-bond donors (Lipinski definition) is 1. The van der Waals surface area contributed by atoms with E-state index in [9.17, 15) is 14.0 Å². The highest BCUT2D eigenvalue weighted by atomic mass is 19.1. The smallest absolute Gasteiger partial charge is 0.321 e. The first kappa shape index (κ1) is 19.5. The highest BCUT2D eigenvalue weighted by Crippen LogP contribution is 2.42. The van der Waals surface area contributed by atoms with Crippen LogP contribution in [0.5, 0.6) is 0 Å². The van der Waals surface area contributed by atoms with Crippen LogP contribution in [0.25, 0.3) is 0 Å². The molecule has 31 heavy (non-hydrogen) atoms. The molecular weight excluding hydrogens is 393 g/mol. The number of aromatic nitrogens is 1. The van der Waals surface area contributed by atoms with Crippen molar-refractivity contribution < 1.29 is 9.18 Å². The number of urea groups is 1. The number of halogens is 1. The highest BCUT2D eigenvalue weighted by Gasteiger charge is 2.41. The van der Waals surface area contributed by atoms with Crippen LogP contribution in [-0.2, 0) is 6.42 Å². The van der Waals surface area contributed by atoms with E-state index in [4.69, 9.17) is 0 Å². The quantitative estimate of drug-likeness (QED) is 0.686. The molecule has 0 radical (unpaired) electrons. The first-order valence-electron chi connectivity index (χ1n) is 10.7. The number of carbonyl (C=O) groups excluding carboxylic acids is 1. The number of fused-ring (bicyclic) bond motifs is 4. The zero-order valence-electron chi connectivity index (χ0n) is 17.1. The summed E-state index contributed by atoms with van der Waals surface area (Å²) in [6, 6.07) is 21.4. The topological polar surface area (TPSA) is 54.3 Å². The minimum atomic E-state index is -0.452. The van der Waals surface area contributed by atoms with Crippen molar-refractivity contribution in [3.8, 4) is 0 Å². The number of piperidine rings is 1. The maximum Gasteiger partial charge on any atom is 0.321 e. The number of amides is 2. The van der Waals surface area contributed by atoms with Gasteiger partial charge in [-0.2, -0.15) is 0 Å². The molecule has 6 heteroatoms. The summed E-state index contributed by atoms with van der Waals surface area (Å²) >= 11 is 0. The van der Waals surface area contributed by atoms with Crippen LogP contribution >= 0.6 is 0 Å². The average Bonchev–Trinajstić information content (AvgIpc) is 2.79. The average molecular weight is 417 g/mol. The summed E-state index contributed by atoms with van der Waals surface area (Å²) in [5, 5.41) is 2.71. The predicted molar refractivity (Wildman–Crippen MR) is 118 cm³/mol. The first-order valence-corrected chi connectivity index (χ1v) is 10.7. The third-order valence-electron chi connectivity index (χ3n) is 6.49. The lowest BCUT2D eigenvalue weighted by Crippen LogP contribution is -2.52. The van der Waals surface area contributed by atoms with Crippen LogP contribution in [0.15, 0.2) is 77.6 Å². The largest absolute Gasteiger partial charge is 0.324 e. The second-order valence-corrected chi connectivity index (χ2v) is 8.42. The molecule has 2 amide bonds. The summed E-state index contributed by atoms with van der Waals surface area (Å²) in [7, 11) is 0. The number of hydrogen-bond acceptors (Lipinski definition) is 2. The molecule has 2 aliphatic heterocycles. The van der Waals surface area contributed by atoms with Crippen LogP contribution < -0.4 is 10.9 Å². The SMILES string of the molecule is O=C(Nc1ccccc1F)N1C[C@H]2C[C@@H](C1)[C@H](Cc1ccccc1)n1c2cccc1=O. The van der Waals surface area contributed by atoms with Crippen LogP contribution in [0.1, 0.15) is 29.6 Å². The predicted octanol–water partition coefficient (Wildman–Crippen LogP) is 4.42. The van der Waals surface area contributed by atoms with Crippen LogP contribution in [0.2, 0.25) is 0 Å². The number of likely N-dealkylation sites (tertiary alicyclic amines) is 1. The molecule has 5 nitrogen and oxygen atoms in total. The molecule has 158 valence electrons. The van der Waals surface area contributed by atoms with Crippen molar-refractivity contribution >= 4 is 11.7 Å². The lowest BCUT2D eigenvalue weighted by atomic mass is 9.77. The van der Waals surface area contributed by atoms with E-state index in [2.05, 4.69) is 17.4 Å². The summed E-state index contributed by atoms with van der Waals surface area (Å²) in [6.07, 6.45) is 1.67. The zero-order chi connectivity index (χ0) is 21.4. The first-order chi connectivity index (χ1) is 15.1. The van der Waals surface area contributed by atoms with Crippen molar-refractivity contribution in [1.29, 1.82) is 0 Å². The van der Waals surface area contributed by atoms with Gasteiger partial charge in [0.05, 0.1) is 5.69 Å². The van der Waals surface area contributed by atoms with Gasteiger partial charge >= 0.3 is 6.03 Å². The summed E-state index contributed by atoms with van der Waals surface area (Å²) in [5.41, 5.74) is 2.34. The molecule has 3 aromatic rings. The fourth-order valence-electron chi connectivity index (χ4n) is 5.08. The van der Waals surface area contributed by atoms with Gasteiger partial charge in [0.1, 0.15) is 5.82 Å². The Kier molecular flexibility index (Phi) is 5.06. The molecule has 1 aromatic heterocycles. The lowest BCUT2D eigenvalue weighted by molar-refractivity contribution is 0.111. The Morgan fingerprint density at radius 2 is 1.74 bits per heavy atom. The normalized spacial score (nSPS) is 22.0. The van der Waals surface area contributed by atoms with Crippen molar-refractivity contribution in [3.63, 3.8) is 0 Å². The summed E-state index contributed by atoms with van der Waals surface area (Å²) in [6.45, 7) is 1.05. The second kappa shape index (κ2) is 8.02. The van der Waals surface area contributed by atoms with E-state index in [0.29, 0.717) is 13.1 Å². The number of para-hydroxylation sites is 1. The van der Waals surface area contributed by atoms with Gasteiger partial charge in [-0.1, -0.05) is 48.5 Å². The Hall–Kier alpha value is -3.41. The molecule has 2 bridgehead atoms. The maximum absolute atomic E-state index is 14.0. The van der Waals surface area contributed by atoms with Crippen molar-refractivity contribution in [2.24, 2.45) is 5.92 Å². The fraction of sp³-hybridized carbons (Fsp3) is 0.280. The molecule has 0 saturated carbocycles. The minimum Gasteiger partial charge on any atom is -0.324 e. The van der Waals surface area contributed by atoms with Crippen LogP contribution in [0, 0.1) is 11.7 Å². The Balaban J connectivity index is 1.45. The molecule has 1 saturated heterocycles. The molecule has 0 aliphatic carbocycles. The van der Waals surface area contributed by atoms with Crippen molar-refractivity contribution in [2.75, 3.05) is 18.4 Å². The van der Waals surface area contributed by atoms with Crippen LogP contribution in [0.3, 0.4) is 0 Å². The Morgan fingerprint density at radius 1 is 0.968 bits per heavy atom. The Labute approximate surface area is 180 Å². The maximum atomic E-state index is 14.0. The molecule has 5 rings (SSSR count). The second-order valence-electron chi connectivity index (χ2n) is 8.42. The van der Waals surface area contributed by atoms with E-state index < -0.39 is 5.82 Å². The van der Waals surface area contributed by atoms with Gasteiger partial charge in [-0.3, -0.25) is 4.79 Å². The minimum absolute atomic E-state index is 0.0115. The fourth-order valence-corrected chi connectivity index (χ4v) is 5.08. The van der Waals surface area contributed by atoms with Gasteiger partial charge in [0.25, 0.3) is 5.56 Å². The van der Waals surface area contributed by atoms with Crippen molar-refractivity contribution in [1.82, 2.24) is 9.47 Å². The molecule has 3 heterocycles. The number of benzene rings is 2. The van der Waals surface area contributed by atoms with E-state index in [1.165, 1.54) is 11.6 Å². The molecule has 0 unspecified atom stereocenters. The number of nitrogens with one attached hydrogen (secondary N) is 1. The Morgan fingerprint density at radius 3 is 2.55 bits per heavy atom. The standard InChI is InChI=1S/C25H24FN3O2/c26-20-9-4-5-10-21(20)27-25(31)28-15-18-14-19(16-28)23(13-17-7-2-1-3-8-17)29-22(18)11-6-12-24(29)30/h1-12,18-19,23H,13-16H2,(H,27,31)/t18-,19+,23+/m1/s1. The van der Waals surface area contributed by atoms with Gasteiger partial charge in [0, 0.05) is 36.8 Å². The summed E-state index contributed by atoms with van der Waals surface area (Å²) < 4.78 is 16.0. The van der Waals surface area contributed by atoms with Gasteiger partial charge in [0.2, 0.25) is 0 Å². The van der Waals surface area contributed by atoms with Gasteiger partial charge in [-0.05, 0) is 42.5 Å². The molecule has 0 spiro atoms. The molecule has 1 N–H and O–H groups in total. The zero-order valence-corrected chi connectivity index (χ0v) is 17.1. The van der Waals surface area contributed by atoms with Gasteiger partial charge in [-0.15, -0.1) is 0 Å². The van der Waals surface area contributed by atoms with E-state index in [0.717, 1.165) is 18.5 Å². The number of nitrogens with zero attached hydrogens (tertiary/aromatic N) is 2. The molecule has 2 aromatic carbocycles. The third-order valence-corrected chi connectivity index (χ3v) is 6.49. The van der Waals surface area contributed by atoms with Gasteiger partial charge < -0.3 is 14.8 Å². The molecule has 2 aliphatic rings. The van der Waals surface area contributed by atoms with Gasteiger partial charge in [-0.25, -0.2) is 9.18 Å².